The van der Waals surface area contributed by atoms with Gasteiger partial charge in [-0.05, 0) is 37.0 Å². The molecule has 25 heavy (non-hydrogen) atoms. The van der Waals surface area contributed by atoms with Gasteiger partial charge in [0.2, 0.25) is 5.91 Å². The van der Waals surface area contributed by atoms with Crippen LogP contribution in [-0.2, 0) is 9.59 Å². The summed E-state index contributed by atoms with van der Waals surface area (Å²) in [5, 5.41) is 4.74. The molecule has 4 rings (SSSR count). The molecule has 0 bridgehead atoms. The van der Waals surface area contributed by atoms with Gasteiger partial charge in [0.15, 0.2) is 0 Å². The molecule has 0 aromatic heterocycles. The highest BCUT2D eigenvalue weighted by molar-refractivity contribution is 5.85. The predicted octanol–water partition coefficient (Wildman–Crippen LogP) is 1.43. The first-order chi connectivity index (χ1) is 12.1. The molecule has 3 aliphatic rings. The molecule has 1 aromatic carbocycles. The second kappa shape index (κ2) is 6.48. The van der Waals surface area contributed by atoms with Crippen molar-refractivity contribution in [3.05, 3.63) is 48.0 Å². The number of rotatable bonds is 5. The molecule has 2 unspecified atom stereocenters. The van der Waals surface area contributed by atoms with Crippen molar-refractivity contribution in [3.63, 3.8) is 0 Å². The molecule has 2 amide bonds. The van der Waals surface area contributed by atoms with Crippen molar-refractivity contribution >= 4 is 11.8 Å². The van der Waals surface area contributed by atoms with Gasteiger partial charge in [0.05, 0.1) is 6.04 Å². The van der Waals surface area contributed by atoms with Gasteiger partial charge in [-0.1, -0.05) is 12.1 Å². The fourth-order valence-electron chi connectivity index (χ4n) is 3.28. The molecule has 132 valence electrons. The molecule has 2 aliphatic heterocycles. The molecule has 1 saturated heterocycles. The third-order valence-electron chi connectivity index (χ3n) is 4.87. The second-order valence-corrected chi connectivity index (χ2v) is 6.81. The van der Waals surface area contributed by atoms with E-state index < -0.39 is 0 Å². The van der Waals surface area contributed by atoms with E-state index in [-0.39, 0.29) is 29.7 Å². The number of hydrogen-bond donors (Lipinski definition) is 2. The smallest absolute Gasteiger partial charge is 0.250 e. The number of hydrogen-bond acceptors (Lipinski definition) is 4. The Bertz CT molecular complexity index is 702. The Morgan fingerprint density at radius 2 is 2.00 bits per heavy atom. The first-order valence-corrected chi connectivity index (χ1v) is 8.68. The minimum absolute atomic E-state index is 0.000125. The Kier molecular flexibility index (Phi) is 4.17. The van der Waals surface area contributed by atoms with Gasteiger partial charge in [-0.3, -0.25) is 9.59 Å². The summed E-state index contributed by atoms with van der Waals surface area (Å²) in [5.41, 5.74) is 4.23. The topological polar surface area (TPSA) is 64.7 Å². The number of fused-ring (bicyclic) bond motifs is 1. The van der Waals surface area contributed by atoms with Gasteiger partial charge in [0.25, 0.3) is 5.91 Å². The van der Waals surface area contributed by atoms with Crippen LogP contribution in [0.4, 0.5) is 4.39 Å². The molecule has 1 aliphatic carbocycles. The third-order valence-corrected chi connectivity index (χ3v) is 4.87. The number of carbonyl (C=O) groups excluding carboxylic acids is 2. The lowest BCUT2D eigenvalue weighted by Gasteiger charge is -2.31. The summed E-state index contributed by atoms with van der Waals surface area (Å²) >= 11 is 0. The molecule has 0 radical (unpaired) electrons. The van der Waals surface area contributed by atoms with Crippen molar-refractivity contribution < 1.29 is 14.0 Å². The van der Waals surface area contributed by atoms with Crippen molar-refractivity contribution in [2.45, 2.75) is 43.8 Å². The summed E-state index contributed by atoms with van der Waals surface area (Å²) in [6.07, 6.45) is 6.58. The molecule has 6 nitrogen and oxygen atoms in total. The van der Waals surface area contributed by atoms with Crippen LogP contribution in [0.15, 0.2) is 36.7 Å². The maximum atomic E-state index is 13.1. The number of carbonyl (C=O) groups is 2. The van der Waals surface area contributed by atoms with Crippen molar-refractivity contribution in [1.82, 2.24) is 20.7 Å². The molecule has 2 atom stereocenters. The minimum atomic E-state index is -0.299. The van der Waals surface area contributed by atoms with Crippen LogP contribution in [0.2, 0.25) is 0 Å². The second-order valence-electron chi connectivity index (χ2n) is 6.81. The fourth-order valence-corrected chi connectivity index (χ4v) is 3.28. The van der Waals surface area contributed by atoms with Crippen molar-refractivity contribution in [2.24, 2.45) is 0 Å². The number of halogens is 1. The molecule has 1 saturated carbocycles. The van der Waals surface area contributed by atoms with Crippen LogP contribution in [0.1, 0.15) is 37.3 Å². The van der Waals surface area contributed by atoms with Gasteiger partial charge < -0.3 is 15.2 Å². The van der Waals surface area contributed by atoms with Gasteiger partial charge in [-0.2, -0.15) is 0 Å². The SMILES string of the molecule is O=C(CCN1C=CN2NC(c3ccc(F)cc3)CC2C1=O)NC1CC1. The zero-order valence-corrected chi connectivity index (χ0v) is 13.8. The summed E-state index contributed by atoms with van der Waals surface area (Å²) in [6.45, 7) is 0.388. The number of hydrazine groups is 1. The van der Waals surface area contributed by atoms with Crippen LogP contribution in [-0.4, -0.2) is 40.4 Å². The van der Waals surface area contributed by atoms with E-state index in [2.05, 4.69) is 10.7 Å². The average Bonchev–Trinajstić information content (AvgIpc) is 3.30. The Hall–Kier alpha value is -2.41. The lowest BCUT2D eigenvalue weighted by Crippen LogP contribution is -2.48. The molecule has 1 aromatic rings. The summed E-state index contributed by atoms with van der Waals surface area (Å²) < 4.78 is 13.1. The standard InChI is InChI=1S/C18H21FN4O2/c19-13-3-1-12(2-4-13)15-11-16-18(25)22(9-10-23(16)21-15)8-7-17(24)20-14-5-6-14/h1-4,9-10,14-16,21H,5-8,11H2,(H,20,24). The van der Waals surface area contributed by atoms with Crippen LogP contribution in [0, 0.1) is 5.82 Å². The van der Waals surface area contributed by atoms with Crippen molar-refractivity contribution in [2.75, 3.05) is 6.54 Å². The largest absolute Gasteiger partial charge is 0.353 e. The monoisotopic (exact) mass is 344 g/mol. The van der Waals surface area contributed by atoms with E-state index in [9.17, 15) is 14.0 Å². The van der Waals surface area contributed by atoms with Gasteiger partial charge in [-0.25, -0.2) is 9.82 Å². The highest BCUT2D eigenvalue weighted by atomic mass is 19.1. The molecular formula is C18H21FN4O2. The summed E-state index contributed by atoms with van der Waals surface area (Å²) in [6, 6.07) is 6.34. The number of benzene rings is 1. The fraction of sp³-hybridized carbons (Fsp3) is 0.444. The molecule has 2 fully saturated rings. The van der Waals surface area contributed by atoms with E-state index in [0.29, 0.717) is 25.4 Å². The molecule has 0 spiro atoms. The number of nitrogens with zero attached hydrogens (tertiary/aromatic N) is 2. The zero-order chi connectivity index (χ0) is 17.4. The highest BCUT2D eigenvalue weighted by Crippen LogP contribution is 2.30. The quantitative estimate of drug-likeness (QED) is 0.848. The summed E-state index contributed by atoms with van der Waals surface area (Å²) in [4.78, 5) is 26.1. The summed E-state index contributed by atoms with van der Waals surface area (Å²) in [7, 11) is 0. The zero-order valence-electron chi connectivity index (χ0n) is 13.8. The highest BCUT2D eigenvalue weighted by Gasteiger charge is 2.39. The molecule has 2 N–H and O–H groups in total. The minimum Gasteiger partial charge on any atom is -0.353 e. The van der Waals surface area contributed by atoms with Crippen molar-refractivity contribution in [1.29, 1.82) is 0 Å². The van der Waals surface area contributed by atoms with E-state index in [0.717, 1.165) is 18.4 Å². The first-order valence-electron chi connectivity index (χ1n) is 8.68. The van der Waals surface area contributed by atoms with E-state index in [1.165, 1.54) is 12.1 Å². The van der Waals surface area contributed by atoms with E-state index >= 15 is 0 Å². The number of nitrogens with one attached hydrogen (secondary N) is 2. The summed E-state index contributed by atoms with van der Waals surface area (Å²) in [5.74, 6) is -0.287. The maximum Gasteiger partial charge on any atom is 0.250 e. The van der Waals surface area contributed by atoms with Crippen molar-refractivity contribution in [3.8, 4) is 0 Å². The Balaban J connectivity index is 1.36. The van der Waals surface area contributed by atoms with Gasteiger partial charge in [0.1, 0.15) is 11.9 Å². The van der Waals surface area contributed by atoms with E-state index in [1.807, 2.05) is 6.20 Å². The Morgan fingerprint density at radius 1 is 1.24 bits per heavy atom. The van der Waals surface area contributed by atoms with E-state index in [1.54, 1.807) is 28.2 Å². The molecular weight excluding hydrogens is 323 g/mol. The van der Waals surface area contributed by atoms with Gasteiger partial charge >= 0.3 is 0 Å². The predicted molar refractivity (Wildman–Crippen MR) is 89.2 cm³/mol. The third kappa shape index (κ3) is 3.51. The molecule has 7 heteroatoms. The van der Waals surface area contributed by atoms with Crippen LogP contribution >= 0.6 is 0 Å². The lowest BCUT2D eigenvalue weighted by atomic mass is 10.0. The van der Waals surface area contributed by atoms with Crippen LogP contribution in [0.5, 0.6) is 0 Å². The Labute approximate surface area is 145 Å². The van der Waals surface area contributed by atoms with Gasteiger partial charge in [0, 0.05) is 31.4 Å². The lowest BCUT2D eigenvalue weighted by molar-refractivity contribution is -0.134. The molecule has 2 heterocycles. The first kappa shape index (κ1) is 16.1. The van der Waals surface area contributed by atoms with Crippen LogP contribution in [0.25, 0.3) is 0 Å². The van der Waals surface area contributed by atoms with Gasteiger partial charge in [-0.15, -0.1) is 0 Å². The number of amides is 2. The van der Waals surface area contributed by atoms with E-state index in [4.69, 9.17) is 0 Å². The maximum absolute atomic E-state index is 13.1. The Morgan fingerprint density at radius 3 is 2.72 bits per heavy atom. The van der Waals surface area contributed by atoms with Crippen LogP contribution < -0.4 is 10.7 Å². The van der Waals surface area contributed by atoms with Crippen LogP contribution in [0.3, 0.4) is 0 Å². The normalized spacial score (nSPS) is 25.2. The average molecular weight is 344 g/mol.